The Hall–Kier alpha value is -0.860. The first-order valence-corrected chi connectivity index (χ1v) is 6.09. The predicted octanol–water partition coefficient (Wildman–Crippen LogP) is 2.34. The predicted molar refractivity (Wildman–Crippen MR) is 66.8 cm³/mol. The van der Waals surface area contributed by atoms with Crippen molar-refractivity contribution in [3.63, 3.8) is 0 Å². The molecule has 0 aromatic heterocycles. The molecule has 1 aliphatic carbocycles. The summed E-state index contributed by atoms with van der Waals surface area (Å²) in [7, 11) is 2.02. The summed E-state index contributed by atoms with van der Waals surface area (Å²) in [5, 5.41) is 3.38. The molecule has 0 saturated carbocycles. The highest BCUT2D eigenvalue weighted by Gasteiger charge is 2.31. The molecule has 1 aromatic carbocycles. The van der Waals surface area contributed by atoms with E-state index in [1.165, 1.54) is 17.5 Å². The zero-order chi connectivity index (χ0) is 11.5. The van der Waals surface area contributed by atoms with Gasteiger partial charge in [0.2, 0.25) is 0 Å². The van der Waals surface area contributed by atoms with Gasteiger partial charge in [-0.05, 0) is 38.4 Å². The van der Waals surface area contributed by atoms with Crippen LogP contribution >= 0.6 is 0 Å². The van der Waals surface area contributed by atoms with Crippen LogP contribution in [0.25, 0.3) is 0 Å². The highest BCUT2D eigenvalue weighted by atomic mass is 16.5. The van der Waals surface area contributed by atoms with Gasteiger partial charge in [-0.1, -0.05) is 24.3 Å². The third kappa shape index (κ3) is 2.28. The summed E-state index contributed by atoms with van der Waals surface area (Å²) in [6.07, 6.45) is 1.49. The van der Waals surface area contributed by atoms with Crippen molar-refractivity contribution in [2.24, 2.45) is 0 Å². The molecule has 0 aliphatic heterocycles. The summed E-state index contributed by atoms with van der Waals surface area (Å²) >= 11 is 0. The van der Waals surface area contributed by atoms with Gasteiger partial charge >= 0.3 is 0 Å². The lowest BCUT2D eigenvalue weighted by Gasteiger charge is -2.36. The molecule has 88 valence electrons. The van der Waals surface area contributed by atoms with Crippen LogP contribution in [-0.2, 0) is 11.2 Å². The second-order valence-electron chi connectivity index (χ2n) is 4.79. The number of ether oxygens (including phenoxy) is 1. The van der Waals surface area contributed by atoms with Crippen molar-refractivity contribution in [2.75, 3.05) is 13.7 Å². The Morgan fingerprint density at radius 2 is 2.12 bits per heavy atom. The second kappa shape index (κ2) is 4.98. The Bertz CT molecular complexity index is 348. The number of fused-ring (bicyclic) bond motifs is 1. The van der Waals surface area contributed by atoms with Gasteiger partial charge in [0.15, 0.2) is 0 Å². The summed E-state index contributed by atoms with van der Waals surface area (Å²) < 4.78 is 5.70. The van der Waals surface area contributed by atoms with Crippen LogP contribution in [-0.4, -0.2) is 25.8 Å². The number of likely N-dealkylation sites (N-methyl/N-ethyl adjacent to an activating group) is 1. The minimum atomic E-state index is 0.311. The van der Waals surface area contributed by atoms with E-state index in [2.05, 4.69) is 43.4 Å². The van der Waals surface area contributed by atoms with Crippen LogP contribution in [0.2, 0.25) is 0 Å². The molecule has 0 spiro atoms. The van der Waals surface area contributed by atoms with Gasteiger partial charge in [-0.3, -0.25) is 0 Å². The Labute approximate surface area is 98.0 Å². The number of nitrogens with one attached hydrogen (secondary N) is 1. The molecule has 2 nitrogen and oxygen atoms in total. The van der Waals surface area contributed by atoms with Crippen LogP contribution in [0, 0.1) is 0 Å². The Kier molecular flexibility index (Phi) is 3.62. The molecular formula is C14H21NO. The molecule has 1 aliphatic rings. The summed E-state index contributed by atoms with van der Waals surface area (Å²) in [5.41, 5.74) is 2.99. The Morgan fingerprint density at radius 1 is 1.38 bits per heavy atom. The van der Waals surface area contributed by atoms with Gasteiger partial charge in [0.25, 0.3) is 0 Å². The molecule has 0 fully saturated rings. The van der Waals surface area contributed by atoms with E-state index in [1.54, 1.807) is 0 Å². The van der Waals surface area contributed by atoms with Crippen LogP contribution in [0.15, 0.2) is 24.3 Å². The molecule has 0 bridgehead atoms. The van der Waals surface area contributed by atoms with E-state index >= 15 is 0 Å². The van der Waals surface area contributed by atoms with Crippen molar-refractivity contribution in [2.45, 2.75) is 38.3 Å². The molecule has 16 heavy (non-hydrogen) atoms. The van der Waals surface area contributed by atoms with Gasteiger partial charge in [-0.2, -0.15) is 0 Å². The minimum Gasteiger partial charge on any atom is -0.377 e. The quantitative estimate of drug-likeness (QED) is 0.820. The maximum absolute atomic E-state index is 5.70. The lowest BCUT2D eigenvalue weighted by atomic mass is 9.73. The van der Waals surface area contributed by atoms with E-state index in [9.17, 15) is 0 Å². The van der Waals surface area contributed by atoms with Crippen molar-refractivity contribution in [3.05, 3.63) is 35.4 Å². The maximum Gasteiger partial charge on any atom is 0.0629 e. The fourth-order valence-electron chi connectivity index (χ4n) is 2.35. The molecule has 0 saturated heterocycles. The summed E-state index contributed by atoms with van der Waals surface area (Å²) in [4.78, 5) is 0. The van der Waals surface area contributed by atoms with Crippen LogP contribution in [0.5, 0.6) is 0 Å². The fraction of sp³-hybridized carbons (Fsp3) is 0.571. The third-order valence-corrected chi connectivity index (χ3v) is 3.36. The highest BCUT2D eigenvalue weighted by Crippen LogP contribution is 2.37. The van der Waals surface area contributed by atoms with Gasteiger partial charge in [-0.15, -0.1) is 0 Å². The molecule has 2 atom stereocenters. The van der Waals surface area contributed by atoms with Gasteiger partial charge in [0, 0.05) is 12.0 Å². The lowest BCUT2D eigenvalue weighted by Crippen LogP contribution is -2.41. The Morgan fingerprint density at radius 3 is 2.75 bits per heavy atom. The van der Waals surface area contributed by atoms with E-state index in [-0.39, 0.29) is 0 Å². The number of hydrogen-bond acceptors (Lipinski definition) is 2. The SMILES string of the molecule is CNC(COC(C)C)C1Cc2ccccc21. The smallest absolute Gasteiger partial charge is 0.0629 e. The van der Waals surface area contributed by atoms with Crippen LogP contribution in [0.1, 0.15) is 30.9 Å². The van der Waals surface area contributed by atoms with E-state index in [1.807, 2.05) is 7.05 Å². The molecule has 2 unspecified atom stereocenters. The van der Waals surface area contributed by atoms with Gasteiger partial charge < -0.3 is 10.1 Å². The summed E-state index contributed by atoms with van der Waals surface area (Å²) in [6, 6.07) is 9.15. The first kappa shape index (κ1) is 11.6. The van der Waals surface area contributed by atoms with E-state index in [4.69, 9.17) is 4.74 Å². The molecule has 0 amide bonds. The van der Waals surface area contributed by atoms with Crippen molar-refractivity contribution < 1.29 is 4.74 Å². The summed E-state index contributed by atoms with van der Waals surface area (Å²) in [5.74, 6) is 0.625. The van der Waals surface area contributed by atoms with Gasteiger partial charge in [-0.25, -0.2) is 0 Å². The lowest BCUT2D eigenvalue weighted by molar-refractivity contribution is 0.0554. The first-order chi connectivity index (χ1) is 7.72. The molecule has 2 heteroatoms. The van der Waals surface area contributed by atoms with Crippen molar-refractivity contribution >= 4 is 0 Å². The summed E-state index contributed by atoms with van der Waals surface area (Å²) in [6.45, 7) is 4.97. The van der Waals surface area contributed by atoms with Crippen molar-refractivity contribution in [1.29, 1.82) is 0 Å². The van der Waals surface area contributed by atoms with Crippen LogP contribution in [0.4, 0.5) is 0 Å². The highest BCUT2D eigenvalue weighted by molar-refractivity contribution is 5.41. The maximum atomic E-state index is 5.70. The third-order valence-electron chi connectivity index (χ3n) is 3.36. The normalized spacial score (nSPS) is 20.4. The second-order valence-corrected chi connectivity index (χ2v) is 4.79. The standard InChI is InChI=1S/C14H21NO/c1-10(2)16-9-14(15-3)13-8-11-6-4-5-7-12(11)13/h4-7,10,13-15H,8-9H2,1-3H3. The zero-order valence-electron chi connectivity index (χ0n) is 10.4. The molecular weight excluding hydrogens is 198 g/mol. The molecule has 0 heterocycles. The van der Waals surface area contributed by atoms with Gasteiger partial charge in [0.05, 0.1) is 12.7 Å². The number of rotatable bonds is 5. The van der Waals surface area contributed by atoms with Crippen LogP contribution < -0.4 is 5.32 Å². The Balaban J connectivity index is 1.98. The van der Waals surface area contributed by atoms with Crippen molar-refractivity contribution in [3.8, 4) is 0 Å². The average molecular weight is 219 g/mol. The average Bonchev–Trinajstić information content (AvgIpc) is 2.24. The molecule has 1 N–H and O–H groups in total. The number of hydrogen-bond donors (Lipinski definition) is 1. The van der Waals surface area contributed by atoms with E-state index in [0.717, 1.165) is 6.61 Å². The van der Waals surface area contributed by atoms with Crippen LogP contribution in [0.3, 0.4) is 0 Å². The molecule has 0 radical (unpaired) electrons. The van der Waals surface area contributed by atoms with E-state index in [0.29, 0.717) is 18.1 Å². The molecule has 1 aromatic rings. The number of benzene rings is 1. The zero-order valence-corrected chi connectivity index (χ0v) is 10.4. The topological polar surface area (TPSA) is 21.3 Å². The monoisotopic (exact) mass is 219 g/mol. The first-order valence-electron chi connectivity index (χ1n) is 6.09. The minimum absolute atomic E-state index is 0.311. The largest absolute Gasteiger partial charge is 0.377 e. The fourth-order valence-corrected chi connectivity index (χ4v) is 2.35. The molecule has 2 rings (SSSR count). The van der Waals surface area contributed by atoms with E-state index < -0.39 is 0 Å². The van der Waals surface area contributed by atoms with Gasteiger partial charge in [0.1, 0.15) is 0 Å². The van der Waals surface area contributed by atoms with Crippen molar-refractivity contribution in [1.82, 2.24) is 5.32 Å².